The second kappa shape index (κ2) is 11.4. The highest BCUT2D eigenvalue weighted by Gasteiger charge is 2.31. The monoisotopic (exact) mass is 410 g/mol. The lowest BCUT2D eigenvalue weighted by Crippen LogP contribution is -2.53. The molecule has 29 heavy (non-hydrogen) atoms. The minimum Gasteiger partial charge on any atom is -0.465 e. The standard InChI is InChI=1S/C20H34N4O5/c1-7-28-16(25)13-24(11-8-10-23-12-9-21-14-23)18(26)17(15(2)3)22-19(27)29-20(4,5)6/h9,12,14-15,17H,7-8,10-11,13H2,1-6H3,(H,22,27)/t17-/m0/s1. The van der Waals surface area contributed by atoms with Gasteiger partial charge in [0.25, 0.3) is 0 Å². The number of ether oxygens (including phenoxy) is 2. The van der Waals surface area contributed by atoms with E-state index in [9.17, 15) is 14.4 Å². The van der Waals surface area contributed by atoms with Gasteiger partial charge in [-0.1, -0.05) is 13.8 Å². The Labute approximate surface area is 172 Å². The second-order valence-electron chi connectivity index (χ2n) is 8.09. The van der Waals surface area contributed by atoms with Crippen molar-refractivity contribution in [3.8, 4) is 0 Å². The molecule has 1 aromatic rings. The van der Waals surface area contributed by atoms with Crippen LogP contribution in [0.5, 0.6) is 0 Å². The first-order valence-electron chi connectivity index (χ1n) is 9.93. The quantitative estimate of drug-likeness (QED) is 0.593. The molecule has 1 heterocycles. The molecule has 0 aliphatic rings. The maximum absolute atomic E-state index is 13.1. The van der Waals surface area contributed by atoms with Gasteiger partial charge in [-0.3, -0.25) is 9.59 Å². The van der Waals surface area contributed by atoms with E-state index in [1.165, 1.54) is 4.90 Å². The molecular weight excluding hydrogens is 376 g/mol. The van der Waals surface area contributed by atoms with Crippen LogP contribution < -0.4 is 5.32 Å². The number of esters is 1. The Morgan fingerprint density at radius 2 is 1.93 bits per heavy atom. The predicted molar refractivity (Wildman–Crippen MR) is 108 cm³/mol. The average molecular weight is 411 g/mol. The van der Waals surface area contributed by atoms with Crippen LogP contribution >= 0.6 is 0 Å². The first-order chi connectivity index (χ1) is 13.5. The van der Waals surface area contributed by atoms with Crippen LogP contribution in [0.25, 0.3) is 0 Å². The van der Waals surface area contributed by atoms with E-state index in [2.05, 4.69) is 10.3 Å². The molecule has 9 heteroatoms. The smallest absolute Gasteiger partial charge is 0.408 e. The Morgan fingerprint density at radius 3 is 2.45 bits per heavy atom. The number of aromatic nitrogens is 2. The summed E-state index contributed by atoms with van der Waals surface area (Å²) in [7, 11) is 0. The SMILES string of the molecule is CCOC(=O)CN(CCCn1ccnc1)C(=O)[C@@H](NC(=O)OC(C)(C)C)C(C)C. The number of rotatable bonds is 10. The minimum absolute atomic E-state index is 0.171. The molecule has 2 amide bonds. The molecule has 0 saturated carbocycles. The van der Waals surface area contributed by atoms with Crippen LogP contribution in [0.4, 0.5) is 4.79 Å². The number of aryl methyl sites for hydroxylation is 1. The van der Waals surface area contributed by atoms with E-state index in [4.69, 9.17) is 9.47 Å². The van der Waals surface area contributed by atoms with Crippen LogP contribution in [0.1, 0.15) is 48.0 Å². The number of carbonyl (C=O) groups excluding carboxylic acids is 3. The summed E-state index contributed by atoms with van der Waals surface area (Å²) in [5.74, 6) is -1.01. The summed E-state index contributed by atoms with van der Waals surface area (Å²) in [6.45, 7) is 11.7. The third-order valence-electron chi connectivity index (χ3n) is 3.95. The summed E-state index contributed by atoms with van der Waals surface area (Å²) in [6.07, 6.45) is 5.16. The summed E-state index contributed by atoms with van der Waals surface area (Å²) in [5, 5.41) is 2.64. The summed E-state index contributed by atoms with van der Waals surface area (Å²) in [4.78, 5) is 42.8. The first-order valence-corrected chi connectivity index (χ1v) is 9.93. The fraction of sp³-hybridized carbons (Fsp3) is 0.700. The van der Waals surface area contributed by atoms with Gasteiger partial charge in [-0.05, 0) is 40.0 Å². The van der Waals surface area contributed by atoms with Crippen molar-refractivity contribution in [3.63, 3.8) is 0 Å². The van der Waals surface area contributed by atoms with Crippen molar-refractivity contribution in [2.24, 2.45) is 5.92 Å². The molecule has 0 aromatic carbocycles. The van der Waals surface area contributed by atoms with Crippen molar-refractivity contribution in [3.05, 3.63) is 18.7 Å². The highest BCUT2D eigenvalue weighted by molar-refractivity contribution is 5.88. The molecule has 164 valence electrons. The van der Waals surface area contributed by atoms with Gasteiger partial charge in [0, 0.05) is 25.5 Å². The maximum Gasteiger partial charge on any atom is 0.408 e. The molecule has 1 atom stereocenters. The number of hydrogen-bond acceptors (Lipinski definition) is 6. The Bertz CT molecular complexity index is 652. The van der Waals surface area contributed by atoms with Crippen molar-refractivity contribution < 1.29 is 23.9 Å². The number of imidazole rings is 1. The molecule has 0 spiro atoms. The largest absolute Gasteiger partial charge is 0.465 e. The summed E-state index contributed by atoms with van der Waals surface area (Å²) in [6, 6.07) is -0.812. The van der Waals surface area contributed by atoms with E-state index in [1.54, 1.807) is 40.2 Å². The van der Waals surface area contributed by atoms with E-state index in [0.29, 0.717) is 19.5 Å². The van der Waals surface area contributed by atoms with E-state index < -0.39 is 23.7 Å². The molecule has 0 unspecified atom stereocenters. The summed E-state index contributed by atoms with van der Waals surface area (Å²) in [5.41, 5.74) is -0.677. The van der Waals surface area contributed by atoms with Gasteiger partial charge in [-0.25, -0.2) is 9.78 Å². The van der Waals surface area contributed by atoms with Gasteiger partial charge >= 0.3 is 12.1 Å². The van der Waals surface area contributed by atoms with Crippen LogP contribution in [-0.2, 0) is 25.6 Å². The summed E-state index contributed by atoms with van der Waals surface area (Å²) >= 11 is 0. The van der Waals surface area contributed by atoms with Crippen LogP contribution in [0, 0.1) is 5.92 Å². The predicted octanol–water partition coefficient (Wildman–Crippen LogP) is 2.21. The van der Waals surface area contributed by atoms with E-state index >= 15 is 0 Å². The van der Waals surface area contributed by atoms with E-state index in [-0.39, 0.29) is 25.0 Å². The molecule has 0 fully saturated rings. The van der Waals surface area contributed by atoms with Gasteiger partial charge in [0.1, 0.15) is 18.2 Å². The molecular formula is C20H34N4O5. The number of carbonyl (C=O) groups is 3. The molecule has 1 aromatic heterocycles. The minimum atomic E-state index is -0.812. The van der Waals surface area contributed by atoms with E-state index in [1.807, 2.05) is 24.6 Å². The number of amides is 2. The van der Waals surface area contributed by atoms with Gasteiger partial charge in [0.05, 0.1) is 12.9 Å². The van der Waals surface area contributed by atoms with Crippen molar-refractivity contribution in [1.29, 1.82) is 0 Å². The van der Waals surface area contributed by atoms with Crippen LogP contribution in [0.2, 0.25) is 0 Å². The zero-order valence-corrected chi connectivity index (χ0v) is 18.3. The van der Waals surface area contributed by atoms with Crippen molar-refractivity contribution >= 4 is 18.0 Å². The lowest BCUT2D eigenvalue weighted by atomic mass is 10.0. The van der Waals surface area contributed by atoms with Gasteiger partial charge in [0.2, 0.25) is 5.91 Å². The molecule has 0 aliphatic heterocycles. The Balaban J connectivity index is 2.84. The van der Waals surface area contributed by atoms with Gasteiger partial charge in [-0.15, -0.1) is 0 Å². The normalized spacial score (nSPS) is 12.4. The third-order valence-corrected chi connectivity index (χ3v) is 3.95. The molecule has 0 aliphatic carbocycles. The third kappa shape index (κ3) is 9.45. The van der Waals surface area contributed by atoms with Gasteiger partial charge in [-0.2, -0.15) is 0 Å². The van der Waals surface area contributed by atoms with Crippen LogP contribution in [-0.4, -0.2) is 63.8 Å². The molecule has 0 radical (unpaired) electrons. The van der Waals surface area contributed by atoms with Crippen LogP contribution in [0.15, 0.2) is 18.7 Å². The molecule has 1 N–H and O–H groups in total. The van der Waals surface area contributed by atoms with Crippen molar-refractivity contribution in [2.45, 2.75) is 66.2 Å². The topological polar surface area (TPSA) is 103 Å². The zero-order valence-electron chi connectivity index (χ0n) is 18.3. The fourth-order valence-electron chi connectivity index (χ4n) is 2.64. The molecule has 9 nitrogen and oxygen atoms in total. The molecule has 0 bridgehead atoms. The summed E-state index contributed by atoms with van der Waals surface area (Å²) < 4.78 is 12.2. The highest BCUT2D eigenvalue weighted by Crippen LogP contribution is 2.11. The van der Waals surface area contributed by atoms with Gasteiger partial charge < -0.3 is 24.3 Å². The molecule has 1 rings (SSSR count). The Kier molecular flexibility index (Phi) is 9.64. The lowest BCUT2D eigenvalue weighted by Gasteiger charge is -2.30. The Hall–Kier alpha value is -2.58. The lowest BCUT2D eigenvalue weighted by molar-refractivity contribution is -0.150. The zero-order chi connectivity index (χ0) is 22.0. The van der Waals surface area contributed by atoms with Gasteiger partial charge in [0.15, 0.2) is 0 Å². The maximum atomic E-state index is 13.1. The number of hydrogen-bond donors (Lipinski definition) is 1. The number of alkyl carbamates (subject to hydrolysis) is 1. The van der Waals surface area contributed by atoms with Crippen LogP contribution in [0.3, 0.4) is 0 Å². The highest BCUT2D eigenvalue weighted by atomic mass is 16.6. The first kappa shape index (κ1) is 24.5. The number of nitrogens with zero attached hydrogens (tertiary/aromatic N) is 3. The Morgan fingerprint density at radius 1 is 1.24 bits per heavy atom. The average Bonchev–Trinajstić information content (AvgIpc) is 3.10. The molecule has 0 saturated heterocycles. The fourth-order valence-corrected chi connectivity index (χ4v) is 2.64. The van der Waals surface area contributed by atoms with E-state index in [0.717, 1.165) is 0 Å². The second-order valence-corrected chi connectivity index (χ2v) is 8.09. The van der Waals surface area contributed by atoms with Crippen molar-refractivity contribution in [1.82, 2.24) is 19.8 Å². The number of nitrogens with one attached hydrogen (secondary N) is 1. The van der Waals surface area contributed by atoms with Crippen molar-refractivity contribution in [2.75, 3.05) is 19.7 Å².